The maximum Gasteiger partial charge on any atom is 0.279 e. The van der Waals surface area contributed by atoms with E-state index < -0.39 is 16.3 Å². The van der Waals surface area contributed by atoms with Crippen LogP contribution in [0.2, 0.25) is 0 Å². The number of hydrogen-bond donors (Lipinski definition) is 2. The van der Waals surface area contributed by atoms with E-state index >= 15 is 0 Å². The average molecular weight is 238 g/mol. The predicted molar refractivity (Wildman–Crippen MR) is 60.7 cm³/mol. The summed E-state index contributed by atoms with van der Waals surface area (Å²) in [5.41, 5.74) is 0. The van der Waals surface area contributed by atoms with Crippen molar-refractivity contribution in [2.45, 2.75) is 33.7 Å². The van der Waals surface area contributed by atoms with Crippen molar-refractivity contribution in [2.75, 3.05) is 19.7 Å². The highest BCUT2D eigenvalue weighted by atomic mass is 32.2. The number of rotatable bonds is 7. The Labute approximate surface area is 92.7 Å². The van der Waals surface area contributed by atoms with Gasteiger partial charge in [0.25, 0.3) is 10.2 Å². The molecule has 0 heterocycles. The molecule has 0 unspecified atom stereocenters. The quantitative estimate of drug-likeness (QED) is 0.665. The fourth-order valence-electron chi connectivity index (χ4n) is 1.21. The Bertz CT molecular complexity index is 261. The van der Waals surface area contributed by atoms with Crippen LogP contribution >= 0.6 is 0 Å². The highest BCUT2D eigenvalue weighted by molar-refractivity contribution is 7.87. The first-order valence-corrected chi connectivity index (χ1v) is 6.71. The van der Waals surface area contributed by atoms with Crippen molar-refractivity contribution in [2.24, 2.45) is 5.92 Å². The fraction of sp³-hybridized carbons (Fsp3) is 1.00. The molecule has 0 aromatic heterocycles. The summed E-state index contributed by atoms with van der Waals surface area (Å²) in [5, 5.41) is 9.04. The second kappa shape index (κ2) is 6.42. The van der Waals surface area contributed by atoms with Gasteiger partial charge in [-0.15, -0.1) is 0 Å². The van der Waals surface area contributed by atoms with Crippen molar-refractivity contribution in [3.63, 3.8) is 0 Å². The van der Waals surface area contributed by atoms with Crippen LogP contribution in [0.4, 0.5) is 0 Å². The summed E-state index contributed by atoms with van der Waals surface area (Å²) in [6, 6.07) is -0.421. The van der Waals surface area contributed by atoms with E-state index in [0.29, 0.717) is 13.1 Å². The van der Waals surface area contributed by atoms with Crippen LogP contribution in [0.3, 0.4) is 0 Å². The van der Waals surface area contributed by atoms with Gasteiger partial charge in [-0.05, 0) is 5.92 Å². The molecule has 5 nitrogen and oxygen atoms in total. The van der Waals surface area contributed by atoms with Gasteiger partial charge in [-0.1, -0.05) is 27.7 Å². The van der Waals surface area contributed by atoms with Crippen LogP contribution in [0.15, 0.2) is 0 Å². The van der Waals surface area contributed by atoms with Crippen molar-refractivity contribution < 1.29 is 13.5 Å². The summed E-state index contributed by atoms with van der Waals surface area (Å²) in [4.78, 5) is 0. The van der Waals surface area contributed by atoms with E-state index in [1.165, 1.54) is 4.31 Å². The molecule has 0 aliphatic carbocycles. The number of hydrogen-bond acceptors (Lipinski definition) is 3. The van der Waals surface area contributed by atoms with E-state index in [1.54, 1.807) is 13.8 Å². The Morgan fingerprint density at radius 2 is 1.73 bits per heavy atom. The fourth-order valence-corrected chi connectivity index (χ4v) is 2.77. The Morgan fingerprint density at radius 1 is 1.27 bits per heavy atom. The summed E-state index contributed by atoms with van der Waals surface area (Å²) < 4.78 is 27.4. The van der Waals surface area contributed by atoms with Crippen molar-refractivity contribution >= 4 is 10.2 Å². The van der Waals surface area contributed by atoms with Crippen LogP contribution in [-0.4, -0.2) is 43.6 Å². The number of aliphatic hydroxyl groups excluding tert-OH is 1. The van der Waals surface area contributed by atoms with Crippen LogP contribution in [-0.2, 0) is 10.2 Å². The van der Waals surface area contributed by atoms with Crippen molar-refractivity contribution in [3.05, 3.63) is 0 Å². The molecule has 0 bridgehead atoms. The minimum Gasteiger partial charge on any atom is -0.395 e. The van der Waals surface area contributed by atoms with E-state index in [-0.39, 0.29) is 12.5 Å². The normalized spacial score (nSPS) is 14.9. The molecule has 0 saturated carbocycles. The first-order chi connectivity index (χ1) is 6.88. The van der Waals surface area contributed by atoms with Gasteiger partial charge < -0.3 is 5.11 Å². The molecule has 0 radical (unpaired) electrons. The van der Waals surface area contributed by atoms with Gasteiger partial charge in [0.2, 0.25) is 0 Å². The summed E-state index contributed by atoms with van der Waals surface area (Å²) >= 11 is 0. The maximum absolute atomic E-state index is 11.8. The third-order valence-corrected chi connectivity index (χ3v) is 4.14. The molecule has 0 rings (SSSR count). The van der Waals surface area contributed by atoms with Crippen LogP contribution in [0.5, 0.6) is 0 Å². The Hall–Kier alpha value is -0.170. The molecular weight excluding hydrogens is 216 g/mol. The second-order valence-corrected chi connectivity index (χ2v) is 5.44. The van der Waals surface area contributed by atoms with Gasteiger partial charge >= 0.3 is 0 Å². The Kier molecular flexibility index (Phi) is 6.35. The van der Waals surface area contributed by atoms with E-state index in [1.807, 2.05) is 13.8 Å². The van der Waals surface area contributed by atoms with Gasteiger partial charge in [0.15, 0.2) is 0 Å². The van der Waals surface area contributed by atoms with E-state index in [2.05, 4.69) is 4.72 Å². The van der Waals surface area contributed by atoms with E-state index in [0.717, 1.165) is 0 Å². The standard InChI is InChI=1S/C9H22N2O3S/c1-5-11(6-2)15(13,14)10-9(7-12)8(3)4/h8-10,12H,5-7H2,1-4H3/t9-/m1/s1. The summed E-state index contributed by atoms with van der Waals surface area (Å²) in [6.07, 6.45) is 0. The van der Waals surface area contributed by atoms with Gasteiger partial charge in [0, 0.05) is 19.1 Å². The lowest BCUT2D eigenvalue weighted by Crippen LogP contribution is -2.48. The van der Waals surface area contributed by atoms with Crippen LogP contribution < -0.4 is 4.72 Å². The van der Waals surface area contributed by atoms with Crippen LogP contribution in [0.1, 0.15) is 27.7 Å². The third kappa shape index (κ3) is 4.46. The van der Waals surface area contributed by atoms with Gasteiger partial charge in [-0.3, -0.25) is 0 Å². The van der Waals surface area contributed by atoms with E-state index in [4.69, 9.17) is 5.11 Å². The SMILES string of the molecule is CCN(CC)S(=O)(=O)N[C@H](CO)C(C)C. The van der Waals surface area contributed by atoms with Crippen molar-refractivity contribution in [1.29, 1.82) is 0 Å². The summed E-state index contributed by atoms with van der Waals surface area (Å²) in [6.45, 7) is 7.98. The monoisotopic (exact) mass is 238 g/mol. The molecule has 92 valence electrons. The minimum absolute atomic E-state index is 0.0698. The second-order valence-electron chi connectivity index (χ2n) is 3.74. The zero-order valence-electron chi connectivity index (χ0n) is 9.90. The van der Waals surface area contributed by atoms with Gasteiger partial charge in [0.1, 0.15) is 0 Å². The lowest BCUT2D eigenvalue weighted by atomic mass is 10.1. The number of nitrogens with one attached hydrogen (secondary N) is 1. The molecule has 6 heteroatoms. The number of nitrogens with zero attached hydrogens (tertiary/aromatic N) is 1. The van der Waals surface area contributed by atoms with Gasteiger partial charge in [-0.25, -0.2) is 0 Å². The number of aliphatic hydroxyl groups is 1. The van der Waals surface area contributed by atoms with Gasteiger partial charge in [-0.2, -0.15) is 17.4 Å². The molecule has 0 amide bonds. The molecule has 0 spiro atoms. The lowest BCUT2D eigenvalue weighted by Gasteiger charge is -2.25. The smallest absolute Gasteiger partial charge is 0.279 e. The largest absolute Gasteiger partial charge is 0.395 e. The third-order valence-electron chi connectivity index (χ3n) is 2.35. The lowest BCUT2D eigenvalue weighted by molar-refractivity contribution is 0.225. The molecule has 0 aliphatic heterocycles. The first kappa shape index (κ1) is 14.8. The molecule has 15 heavy (non-hydrogen) atoms. The molecule has 0 aliphatic rings. The van der Waals surface area contributed by atoms with Crippen LogP contribution in [0.25, 0.3) is 0 Å². The zero-order valence-corrected chi connectivity index (χ0v) is 10.7. The highest BCUT2D eigenvalue weighted by Gasteiger charge is 2.24. The molecule has 0 fully saturated rings. The topological polar surface area (TPSA) is 69.6 Å². The Balaban J connectivity index is 4.61. The molecule has 0 aromatic rings. The summed E-state index contributed by atoms with van der Waals surface area (Å²) in [5.74, 6) is 0.0698. The Morgan fingerprint density at radius 3 is 2.00 bits per heavy atom. The minimum atomic E-state index is -3.46. The molecule has 0 saturated heterocycles. The van der Waals surface area contributed by atoms with Crippen LogP contribution in [0, 0.1) is 5.92 Å². The van der Waals surface area contributed by atoms with Crippen molar-refractivity contribution in [1.82, 2.24) is 9.03 Å². The molecule has 1 atom stereocenters. The van der Waals surface area contributed by atoms with E-state index in [9.17, 15) is 8.42 Å². The predicted octanol–water partition coefficient (Wildman–Crippen LogP) is 0.179. The van der Waals surface area contributed by atoms with Crippen molar-refractivity contribution in [3.8, 4) is 0 Å². The zero-order chi connectivity index (χ0) is 12.1. The molecule has 2 N–H and O–H groups in total. The molecular formula is C9H22N2O3S. The molecule has 0 aromatic carbocycles. The highest BCUT2D eigenvalue weighted by Crippen LogP contribution is 2.05. The first-order valence-electron chi connectivity index (χ1n) is 5.27. The summed E-state index contributed by atoms with van der Waals surface area (Å²) in [7, 11) is -3.46. The maximum atomic E-state index is 11.8. The van der Waals surface area contributed by atoms with Gasteiger partial charge in [0.05, 0.1) is 6.61 Å². The average Bonchev–Trinajstić information content (AvgIpc) is 2.15.